The molecule has 3 rings (SSSR count). The fourth-order valence-corrected chi connectivity index (χ4v) is 6.48. The number of nitrogens with one attached hydrogen (secondary N) is 1. The van der Waals surface area contributed by atoms with E-state index in [2.05, 4.69) is 5.32 Å². The number of rotatable bonds is 8. The van der Waals surface area contributed by atoms with Crippen LogP contribution in [0.1, 0.15) is 41.6 Å². The lowest BCUT2D eigenvalue weighted by molar-refractivity contribution is -0.116. The summed E-state index contributed by atoms with van der Waals surface area (Å²) >= 11 is 7.97. The van der Waals surface area contributed by atoms with Gasteiger partial charge in [-0.2, -0.15) is 4.31 Å². The Hall–Kier alpha value is -1.46. The minimum Gasteiger partial charge on any atom is -0.462 e. The average Bonchev–Trinajstić information content (AvgIpc) is 3.24. The normalized spacial score (nSPS) is 14.3. The van der Waals surface area contributed by atoms with Gasteiger partial charge >= 0.3 is 5.97 Å². The molecule has 2 aromatic rings. The van der Waals surface area contributed by atoms with Gasteiger partial charge in [0.1, 0.15) is 9.21 Å². The molecule has 2 heterocycles. The van der Waals surface area contributed by atoms with Gasteiger partial charge in [0.2, 0.25) is 5.91 Å². The molecule has 1 N–H and O–H groups in total. The van der Waals surface area contributed by atoms with Crippen LogP contribution in [0.5, 0.6) is 0 Å². The zero-order valence-electron chi connectivity index (χ0n) is 15.2. The minimum atomic E-state index is -3.82. The molecular formula is C17H19ClN2O5S3. The predicted octanol–water partition coefficient (Wildman–Crippen LogP) is 3.78. The van der Waals surface area contributed by atoms with Gasteiger partial charge in [-0.15, -0.1) is 22.7 Å². The molecule has 1 fully saturated rings. The lowest BCUT2D eigenvalue weighted by Crippen LogP contribution is -2.34. The van der Waals surface area contributed by atoms with E-state index in [0.717, 1.165) is 34.0 Å². The Labute approximate surface area is 176 Å². The summed E-state index contributed by atoms with van der Waals surface area (Å²) in [5.41, 5.74) is 1.26. The Morgan fingerprint density at radius 2 is 2.07 bits per heavy atom. The Bertz CT molecular complexity index is 994. The van der Waals surface area contributed by atoms with Crippen LogP contribution in [-0.2, 0) is 19.6 Å². The lowest BCUT2D eigenvalue weighted by atomic mass is 10.1. The van der Waals surface area contributed by atoms with Crippen LogP contribution in [0, 0.1) is 0 Å². The van der Waals surface area contributed by atoms with Gasteiger partial charge in [-0.3, -0.25) is 4.79 Å². The summed E-state index contributed by atoms with van der Waals surface area (Å²) in [6.07, 6.45) is 2.00. The van der Waals surface area contributed by atoms with Crippen molar-refractivity contribution in [3.63, 3.8) is 0 Å². The highest BCUT2D eigenvalue weighted by Crippen LogP contribution is 2.46. The molecule has 0 aliphatic heterocycles. The highest BCUT2D eigenvalue weighted by molar-refractivity contribution is 7.91. The molecule has 0 saturated heterocycles. The van der Waals surface area contributed by atoms with Crippen LogP contribution in [0.15, 0.2) is 21.7 Å². The van der Waals surface area contributed by atoms with Crippen LogP contribution >= 0.6 is 34.3 Å². The van der Waals surface area contributed by atoms with Crippen molar-refractivity contribution in [2.24, 2.45) is 0 Å². The first-order valence-corrected chi connectivity index (χ1v) is 12.1. The SMILES string of the molecule is CCOC(=O)c1c(C2CC2)csc1NC(=O)CN(C)S(=O)(=O)c1ccc(Cl)s1. The molecule has 28 heavy (non-hydrogen) atoms. The predicted molar refractivity (Wildman–Crippen MR) is 110 cm³/mol. The third kappa shape index (κ3) is 4.57. The number of anilines is 1. The second kappa shape index (κ2) is 8.50. The number of nitrogens with zero attached hydrogens (tertiary/aromatic N) is 1. The van der Waals surface area contributed by atoms with Crippen molar-refractivity contribution >= 4 is 61.2 Å². The molecule has 1 aliphatic carbocycles. The fraction of sp³-hybridized carbons (Fsp3) is 0.412. The van der Waals surface area contributed by atoms with Crippen molar-refractivity contribution in [2.45, 2.75) is 29.9 Å². The van der Waals surface area contributed by atoms with Gasteiger partial charge in [0.15, 0.2) is 0 Å². The number of carbonyl (C=O) groups is 2. The van der Waals surface area contributed by atoms with Crippen molar-refractivity contribution < 1.29 is 22.7 Å². The second-order valence-corrected chi connectivity index (χ2v) is 11.1. The Morgan fingerprint density at radius 1 is 1.36 bits per heavy atom. The summed E-state index contributed by atoms with van der Waals surface area (Å²) in [7, 11) is -2.50. The highest BCUT2D eigenvalue weighted by atomic mass is 35.5. The Morgan fingerprint density at radius 3 is 2.64 bits per heavy atom. The molecule has 2 aromatic heterocycles. The van der Waals surface area contributed by atoms with Crippen LogP contribution in [0.4, 0.5) is 5.00 Å². The van der Waals surface area contributed by atoms with Crippen LogP contribution in [0.25, 0.3) is 0 Å². The number of halogens is 1. The standard InChI is InChI=1S/C17H19ClN2O5S3/c1-3-25-17(22)15-11(10-4-5-10)9-26-16(15)19-13(21)8-20(2)28(23,24)14-7-6-12(18)27-14/h6-7,9-10H,3-5,8H2,1-2H3,(H,19,21). The van der Waals surface area contributed by atoms with Gasteiger partial charge in [0, 0.05) is 7.05 Å². The van der Waals surface area contributed by atoms with E-state index in [0.29, 0.717) is 20.8 Å². The van der Waals surface area contributed by atoms with E-state index in [1.54, 1.807) is 6.92 Å². The lowest BCUT2D eigenvalue weighted by Gasteiger charge is -2.15. The van der Waals surface area contributed by atoms with Crippen LogP contribution < -0.4 is 5.32 Å². The van der Waals surface area contributed by atoms with E-state index in [1.807, 2.05) is 5.38 Å². The summed E-state index contributed by atoms with van der Waals surface area (Å²) in [5, 5.41) is 4.90. The number of amides is 1. The van der Waals surface area contributed by atoms with Crippen LogP contribution in [-0.4, -0.2) is 44.8 Å². The smallest absolute Gasteiger partial charge is 0.341 e. The molecule has 7 nitrogen and oxygen atoms in total. The molecule has 152 valence electrons. The first-order chi connectivity index (χ1) is 13.2. The first kappa shape index (κ1) is 21.3. The Balaban J connectivity index is 1.73. The van der Waals surface area contributed by atoms with Gasteiger partial charge in [0.25, 0.3) is 10.0 Å². The summed E-state index contributed by atoms with van der Waals surface area (Å²) < 4.78 is 31.5. The van der Waals surface area contributed by atoms with Gasteiger partial charge in [-0.05, 0) is 48.8 Å². The second-order valence-electron chi connectivity index (χ2n) is 6.26. The molecule has 0 bridgehead atoms. The molecule has 0 radical (unpaired) electrons. The topological polar surface area (TPSA) is 92.8 Å². The van der Waals surface area contributed by atoms with E-state index >= 15 is 0 Å². The molecule has 0 aromatic carbocycles. The monoisotopic (exact) mass is 462 g/mol. The van der Waals surface area contributed by atoms with Crippen LogP contribution in [0.2, 0.25) is 4.34 Å². The maximum absolute atomic E-state index is 12.5. The van der Waals surface area contributed by atoms with Crippen molar-refractivity contribution in [1.29, 1.82) is 0 Å². The molecule has 1 aliphatic rings. The van der Waals surface area contributed by atoms with E-state index in [9.17, 15) is 18.0 Å². The zero-order valence-corrected chi connectivity index (χ0v) is 18.4. The summed E-state index contributed by atoms with van der Waals surface area (Å²) in [5.74, 6) is -0.702. The molecule has 1 amide bonds. The third-order valence-electron chi connectivity index (χ3n) is 4.15. The van der Waals surface area contributed by atoms with Gasteiger partial charge in [0.05, 0.1) is 23.1 Å². The maximum Gasteiger partial charge on any atom is 0.341 e. The number of ether oxygens (including phenoxy) is 1. The zero-order chi connectivity index (χ0) is 20.5. The van der Waals surface area contributed by atoms with E-state index < -0.39 is 28.4 Å². The summed E-state index contributed by atoms with van der Waals surface area (Å²) in [4.78, 5) is 24.8. The number of sulfonamides is 1. The molecule has 0 atom stereocenters. The van der Waals surface area contributed by atoms with Gasteiger partial charge < -0.3 is 10.1 Å². The van der Waals surface area contributed by atoms with E-state index in [1.165, 1.54) is 30.5 Å². The number of likely N-dealkylation sites (N-methyl/N-ethyl adjacent to an activating group) is 1. The molecule has 0 unspecified atom stereocenters. The first-order valence-electron chi connectivity index (χ1n) is 8.54. The largest absolute Gasteiger partial charge is 0.462 e. The van der Waals surface area contributed by atoms with Crippen molar-refractivity contribution in [2.75, 3.05) is 25.5 Å². The quantitative estimate of drug-likeness (QED) is 0.602. The van der Waals surface area contributed by atoms with Crippen molar-refractivity contribution in [3.8, 4) is 0 Å². The number of esters is 1. The molecular weight excluding hydrogens is 444 g/mol. The van der Waals surface area contributed by atoms with Crippen molar-refractivity contribution in [3.05, 3.63) is 33.0 Å². The maximum atomic E-state index is 12.5. The van der Waals surface area contributed by atoms with Crippen LogP contribution in [0.3, 0.4) is 0 Å². The molecule has 11 heteroatoms. The number of hydrogen-bond donors (Lipinski definition) is 1. The fourth-order valence-electron chi connectivity index (χ4n) is 2.62. The Kier molecular flexibility index (Phi) is 6.45. The molecule has 1 saturated carbocycles. The van der Waals surface area contributed by atoms with Gasteiger partial charge in [-0.25, -0.2) is 13.2 Å². The third-order valence-corrected chi connectivity index (χ3v) is 8.56. The van der Waals surface area contributed by atoms with Crippen molar-refractivity contribution in [1.82, 2.24) is 4.31 Å². The van der Waals surface area contributed by atoms with E-state index in [4.69, 9.17) is 16.3 Å². The average molecular weight is 463 g/mol. The molecule has 0 spiro atoms. The number of thiophene rings is 2. The minimum absolute atomic E-state index is 0.0622. The highest BCUT2D eigenvalue weighted by Gasteiger charge is 2.33. The number of hydrogen-bond acceptors (Lipinski definition) is 7. The van der Waals surface area contributed by atoms with Gasteiger partial charge in [-0.1, -0.05) is 11.6 Å². The number of carbonyl (C=O) groups excluding carboxylic acids is 2. The van der Waals surface area contributed by atoms with E-state index in [-0.39, 0.29) is 10.8 Å². The summed E-state index contributed by atoms with van der Waals surface area (Å²) in [6.45, 7) is 1.56. The summed E-state index contributed by atoms with van der Waals surface area (Å²) in [6, 6.07) is 2.89.